The summed E-state index contributed by atoms with van der Waals surface area (Å²) >= 11 is 6.02. The van der Waals surface area contributed by atoms with Crippen molar-refractivity contribution in [1.82, 2.24) is 45.0 Å². The van der Waals surface area contributed by atoms with Crippen molar-refractivity contribution in [2.24, 2.45) is 7.05 Å². The van der Waals surface area contributed by atoms with Crippen LogP contribution >= 0.6 is 11.6 Å². The van der Waals surface area contributed by atoms with Crippen molar-refractivity contribution in [3.8, 4) is 28.1 Å². The average Bonchev–Trinajstić information content (AvgIpc) is 3.66. The number of pyridine rings is 1. The van der Waals surface area contributed by atoms with Crippen LogP contribution in [0.3, 0.4) is 0 Å². The standard InChI is InChI=1S/C22H18ClF3N10O2/c1-33-19(9-27-31-33)14-8-29-34(10-14)16(6-7-38-22(25)26)17-4-2-13(11-36(17)37)20-18(35-12-28-30-32-35)5-3-15(23)21(20)24/h2-5,8-12,16,22H,6-7H2,1H3/t16-/m0/s1. The monoisotopic (exact) mass is 546 g/mol. The number of nitrogens with zero attached hydrogens (tertiary/aromatic N) is 10. The second-order valence-corrected chi connectivity index (χ2v) is 8.47. The zero-order chi connectivity index (χ0) is 26.8. The summed E-state index contributed by atoms with van der Waals surface area (Å²) in [7, 11) is 1.70. The molecule has 4 heterocycles. The Morgan fingerprint density at radius 3 is 2.63 bits per heavy atom. The van der Waals surface area contributed by atoms with Gasteiger partial charge in [0.15, 0.2) is 12.0 Å². The van der Waals surface area contributed by atoms with E-state index in [9.17, 15) is 14.0 Å². The Balaban J connectivity index is 1.55. The molecule has 0 fully saturated rings. The first kappa shape index (κ1) is 25.3. The van der Waals surface area contributed by atoms with Crippen LogP contribution in [-0.4, -0.2) is 58.2 Å². The minimum atomic E-state index is -2.97. The number of hydrogen-bond acceptors (Lipinski definition) is 8. The minimum Gasteiger partial charge on any atom is -0.618 e. The van der Waals surface area contributed by atoms with Crippen LogP contribution in [0.2, 0.25) is 5.02 Å². The third kappa shape index (κ3) is 4.92. The molecule has 0 N–H and O–H groups in total. The highest BCUT2D eigenvalue weighted by atomic mass is 35.5. The van der Waals surface area contributed by atoms with Crippen LogP contribution in [0.1, 0.15) is 18.2 Å². The molecule has 0 spiro atoms. The lowest BCUT2D eigenvalue weighted by Gasteiger charge is -2.18. The molecular weight excluding hydrogens is 529 g/mol. The lowest BCUT2D eigenvalue weighted by Crippen LogP contribution is -2.36. The first-order valence-electron chi connectivity index (χ1n) is 11.1. The lowest BCUT2D eigenvalue weighted by molar-refractivity contribution is -0.615. The van der Waals surface area contributed by atoms with E-state index in [1.165, 1.54) is 40.0 Å². The molecule has 0 aliphatic rings. The number of alkyl halides is 2. The molecule has 0 unspecified atom stereocenters. The van der Waals surface area contributed by atoms with E-state index in [4.69, 9.17) is 11.6 Å². The number of ether oxygens (including phenoxy) is 1. The third-order valence-corrected chi connectivity index (χ3v) is 6.10. The van der Waals surface area contributed by atoms with E-state index in [1.807, 2.05) is 0 Å². The molecule has 0 saturated heterocycles. The Bertz CT molecular complexity index is 1560. The highest BCUT2D eigenvalue weighted by Crippen LogP contribution is 2.33. The van der Waals surface area contributed by atoms with Crippen molar-refractivity contribution in [2.75, 3.05) is 6.61 Å². The maximum absolute atomic E-state index is 15.2. The van der Waals surface area contributed by atoms with Gasteiger partial charge >= 0.3 is 6.61 Å². The molecule has 0 radical (unpaired) electrons. The summed E-state index contributed by atoms with van der Waals surface area (Å²) in [5.41, 5.74) is 1.93. The molecule has 1 aromatic carbocycles. The Hall–Kier alpha value is -4.37. The Labute approximate surface area is 217 Å². The number of hydrogen-bond donors (Lipinski definition) is 0. The molecule has 0 amide bonds. The maximum Gasteiger partial charge on any atom is 0.345 e. The third-order valence-electron chi connectivity index (χ3n) is 5.81. The molecule has 5 rings (SSSR count). The fourth-order valence-electron chi connectivity index (χ4n) is 4.05. The van der Waals surface area contributed by atoms with Crippen molar-refractivity contribution >= 4 is 11.6 Å². The molecule has 0 aliphatic heterocycles. The van der Waals surface area contributed by atoms with Crippen LogP contribution in [0.25, 0.3) is 28.1 Å². The highest BCUT2D eigenvalue weighted by Gasteiger charge is 2.26. The summed E-state index contributed by atoms with van der Waals surface area (Å²) in [6.45, 7) is -3.32. The van der Waals surface area contributed by atoms with E-state index in [-0.39, 0.29) is 40.6 Å². The first-order chi connectivity index (χ1) is 18.3. The highest BCUT2D eigenvalue weighted by molar-refractivity contribution is 6.31. The molecule has 0 saturated carbocycles. The smallest absolute Gasteiger partial charge is 0.345 e. The van der Waals surface area contributed by atoms with Crippen molar-refractivity contribution in [2.45, 2.75) is 19.1 Å². The van der Waals surface area contributed by atoms with Crippen molar-refractivity contribution in [3.63, 3.8) is 0 Å². The number of tetrazole rings is 1. The van der Waals surface area contributed by atoms with E-state index >= 15 is 4.39 Å². The zero-order valence-corrected chi connectivity index (χ0v) is 20.3. The molecule has 1 atom stereocenters. The Kier molecular flexibility index (Phi) is 7.02. The number of rotatable bonds is 9. The molecular formula is C22H18ClF3N10O2. The summed E-state index contributed by atoms with van der Waals surface area (Å²) in [4.78, 5) is 0. The van der Waals surface area contributed by atoms with Gasteiger partial charge in [-0.15, -0.1) is 10.2 Å². The Morgan fingerprint density at radius 1 is 1.11 bits per heavy atom. The molecule has 38 heavy (non-hydrogen) atoms. The van der Waals surface area contributed by atoms with Gasteiger partial charge in [0.1, 0.15) is 12.4 Å². The topological polar surface area (TPSA) is 128 Å². The van der Waals surface area contributed by atoms with Gasteiger partial charge in [-0.1, -0.05) is 16.8 Å². The van der Waals surface area contributed by atoms with Crippen LogP contribution in [0.5, 0.6) is 0 Å². The maximum atomic E-state index is 15.2. The molecule has 5 aromatic rings. The van der Waals surface area contributed by atoms with Crippen LogP contribution in [0.4, 0.5) is 13.2 Å². The SMILES string of the molecule is Cn1nncc1-c1cnn([C@@H](CCOC(F)F)c2ccc(-c3c(-n4cnnn4)ccc(Cl)c3F)c[n+]2[O-])c1. The largest absolute Gasteiger partial charge is 0.618 e. The predicted octanol–water partition coefficient (Wildman–Crippen LogP) is 2.97. The van der Waals surface area contributed by atoms with Gasteiger partial charge in [-0.3, -0.25) is 4.68 Å². The first-order valence-corrected chi connectivity index (χ1v) is 11.4. The summed E-state index contributed by atoms with van der Waals surface area (Å²) in [5, 5.41) is 36.1. The van der Waals surface area contributed by atoms with Crippen LogP contribution < -0.4 is 4.73 Å². The van der Waals surface area contributed by atoms with E-state index in [1.54, 1.807) is 30.3 Å². The fraction of sp³-hybridized carbons (Fsp3) is 0.227. The van der Waals surface area contributed by atoms with Crippen LogP contribution in [-0.2, 0) is 11.8 Å². The molecule has 12 nitrogen and oxygen atoms in total. The number of aryl methyl sites for hydroxylation is 1. The van der Waals surface area contributed by atoms with Gasteiger partial charge in [-0.2, -0.15) is 23.3 Å². The molecule has 196 valence electrons. The number of benzene rings is 1. The number of aromatic nitrogens is 10. The minimum absolute atomic E-state index is 0.00190. The lowest BCUT2D eigenvalue weighted by atomic mass is 10.0. The van der Waals surface area contributed by atoms with Gasteiger partial charge in [-0.05, 0) is 28.6 Å². The second kappa shape index (κ2) is 10.5. The summed E-state index contributed by atoms with van der Waals surface area (Å²) < 4.78 is 49.7. The quantitative estimate of drug-likeness (QED) is 0.204. The zero-order valence-electron chi connectivity index (χ0n) is 19.6. The predicted molar refractivity (Wildman–Crippen MR) is 125 cm³/mol. The van der Waals surface area contributed by atoms with Crippen LogP contribution in [0, 0.1) is 11.0 Å². The summed E-state index contributed by atoms with van der Waals surface area (Å²) in [6, 6.07) is 5.06. The van der Waals surface area contributed by atoms with E-state index < -0.39 is 18.5 Å². The van der Waals surface area contributed by atoms with Gasteiger partial charge < -0.3 is 9.94 Å². The molecule has 0 bridgehead atoms. The van der Waals surface area contributed by atoms with E-state index in [2.05, 4.69) is 35.7 Å². The normalized spacial score (nSPS) is 12.4. The van der Waals surface area contributed by atoms with Crippen molar-refractivity contribution in [1.29, 1.82) is 0 Å². The van der Waals surface area contributed by atoms with Crippen LogP contribution in [0.15, 0.2) is 55.4 Å². The van der Waals surface area contributed by atoms with Crippen molar-refractivity contribution < 1.29 is 22.6 Å². The Morgan fingerprint density at radius 2 is 1.95 bits per heavy atom. The van der Waals surface area contributed by atoms with Gasteiger partial charge in [0, 0.05) is 31.3 Å². The molecule has 4 aromatic heterocycles. The fourth-order valence-corrected chi connectivity index (χ4v) is 4.21. The summed E-state index contributed by atoms with van der Waals surface area (Å²) in [5.74, 6) is -0.768. The molecule has 0 aliphatic carbocycles. The van der Waals surface area contributed by atoms with Gasteiger partial charge in [-0.25, -0.2) is 9.07 Å². The van der Waals surface area contributed by atoms with E-state index in [0.29, 0.717) is 16.0 Å². The molecule has 16 heteroatoms. The number of halogens is 4. The summed E-state index contributed by atoms with van der Waals surface area (Å²) in [6.07, 6.45) is 7.17. The van der Waals surface area contributed by atoms with Gasteiger partial charge in [0.05, 0.1) is 46.5 Å². The van der Waals surface area contributed by atoms with E-state index in [0.717, 1.165) is 6.20 Å². The van der Waals surface area contributed by atoms with Gasteiger partial charge in [0.2, 0.25) is 5.69 Å². The van der Waals surface area contributed by atoms with Crippen molar-refractivity contribution in [3.05, 3.63) is 77.1 Å². The second-order valence-electron chi connectivity index (χ2n) is 8.07. The van der Waals surface area contributed by atoms with Gasteiger partial charge in [0.25, 0.3) is 0 Å². The average molecular weight is 547 g/mol.